The highest BCUT2D eigenvalue weighted by Gasteiger charge is 1.77. The van der Waals surface area contributed by atoms with Gasteiger partial charge in [0.1, 0.15) is 0 Å². The molecule has 0 amide bonds. The Morgan fingerprint density at radius 1 is 1.18 bits per heavy atom. The average molecular weight is 219 g/mol. The Bertz CT molecular complexity index is 119. The van der Waals surface area contributed by atoms with Crippen LogP contribution in [0.25, 0.3) is 0 Å². The fourth-order valence-electron chi connectivity index (χ4n) is 0.649. The summed E-state index contributed by atoms with van der Waals surface area (Å²) in [6.45, 7) is 4.27. The van der Waals surface area contributed by atoms with Crippen LogP contribution in [0, 0.1) is 0 Å². The molecule has 0 fully saturated rings. The van der Waals surface area contributed by atoms with E-state index in [0.717, 1.165) is 11.8 Å². The largest absolute Gasteiger partial charge is 0.0883 e. The molecule has 0 nitrogen and oxygen atoms in total. The fourth-order valence-corrected chi connectivity index (χ4v) is 0.913. The van der Waals surface area contributed by atoms with E-state index in [1.807, 2.05) is 0 Å². The van der Waals surface area contributed by atoms with Crippen molar-refractivity contribution in [3.63, 3.8) is 0 Å². The van der Waals surface area contributed by atoms with E-state index in [1.54, 1.807) is 0 Å². The smallest absolute Gasteiger partial charge is 0.0212 e. The summed E-state index contributed by atoms with van der Waals surface area (Å²) >= 11 is 3.33. The molecule has 0 spiro atoms. The molecule has 0 aliphatic heterocycles. The van der Waals surface area contributed by atoms with Crippen molar-refractivity contribution in [2.45, 2.75) is 34.1 Å². The highest BCUT2D eigenvalue weighted by molar-refractivity contribution is 9.09. The normalized spacial score (nSPS) is 9.36. The van der Waals surface area contributed by atoms with Gasteiger partial charge in [0.25, 0.3) is 0 Å². The zero-order valence-corrected chi connectivity index (χ0v) is 8.32. The first-order valence-corrected chi connectivity index (χ1v) is 4.74. The molecule has 0 radical (unpaired) electrons. The van der Waals surface area contributed by atoms with Crippen molar-refractivity contribution in [3.05, 3.63) is 23.8 Å². The van der Waals surface area contributed by atoms with Crippen molar-refractivity contribution < 1.29 is 0 Å². The lowest BCUT2D eigenvalue weighted by Crippen LogP contribution is -1.68. The lowest BCUT2D eigenvalue weighted by Gasteiger charge is -1.88. The Labute approximate surface area is 79.5 Å². The molecule has 0 aromatic heterocycles. The van der Waals surface area contributed by atoms with Gasteiger partial charge in [-0.05, 0) is 26.7 Å². The van der Waals surface area contributed by atoms with E-state index in [2.05, 4.69) is 48.0 Å². The fraction of sp³-hybridized carbons (Fsp3) is 0.600. The van der Waals surface area contributed by atoms with Crippen molar-refractivity contribution in [2.24, 2.45) is 0 Å². The summed E-state index contributed by atoms with van der Waals surface area (Å²) < 4.78 is 0. The molecule has 11 heavy (non-hydrogen) atoms. The van der Waals surface area contributed by atoms with E-state index in [-0.39, 0.29) is 7.43 Å². The van der Waals surface area contributed by atoms with Crippen molar-refractivity contribution in [1.82, 2.24) is 0 Å². The Hall–Kier alpha value is -0.0400. The van der Waals surface area contributed by atoms with Crippen LogP contribution >= 0.6 is 15.9 Å². The van der Waals surface area contributed by atoms with Gasteiger partial charge in [-0.1, -0.05) is 47.2 Å². The molecule has 0 rings (SSSR count). The molecule has 0 atom stereocenters. The van der Waals surface area contributed by atoms with Gasteiger partial charge in [0, 0.05) is 5.33 Å². The lowest BCUT2D eigenvalue weighted by molar-refractivity contribution is 1.03. The quantitative estimate of drug-likeness (QED) is 0.375. The first kappa shape index (κ1) is 13.5. The summed E-state index contributed by atoms with van der Waals surface area (Å²) in [6.07, 6.45) is 8.94. The van der Waals surface area contributed by atoms with Gasteiger partial charge in [0.05, 0.1) is 0 Å². The van der Waals surface area contributed by atoms with Crippen LogP contribution in [0.3, 0.4) is 0 Å². The van der Waals surface area contributed by atoms with Gasteiger partial charge in [-0.3, -0.25) is 0 Å². The number of hydrogen-bond acceptors (Lipinski definition) is 0. The second-order valence-corrected chi connectivity index (χ2v) is 3.13. The molecular formula is C10H19Br. The zero-order chi connectivity index (χ0) is 7.82. The second kappa shape index (κ2) is 9.96. The molecule has 0 N–H and O–H groups in total. The maximum absolute atomic E-state index is 3.33. The molecule has 1 heteroatoms. The average Bonchev–Trinajstić information content (AvgIpc) is 1.87. The summed E-state index contributed by atoms with van der Waals surface area (Å²) in [5.74, 6) is 0. The molecular weight excluding hydrogens is 200 g/mol. The molecule has 0 saturated heterocycles. The molecule has 0 aliphatic carbocycles. The molecule has 0 saturated carbocycles. The standard InChI is InChI=1S/C9H15Br.CH4/c1-9(2)7-5-3-4-6-8-10;/h4,6-7H,3,5,8H2,1-2H3;1H4/b6-4+;. The summed E-state index contributed by atoms with van der Waals surface area (Å²) in [5, 5.41) is 0.974. The summed E-state index contributed by atoms with van der Waals surface area (Å²) in [6, 6.07) is 0. The van der Waals surface area contributed by atoms with Gasteiger partial charge in [-0.2, -0.15) is 0 Å². The molecule has 0 aromatic carbocycles. The van der Waals surface area contributed by atoms with E-state index in [9.17, 15) is 0 Å². The molecule has 0 aliphatic rings. The van der Waals surface area contributed by atoms with Crippen molar-refractivity contribution in [3.8, 4) is 0 Å². The second-order valence-electron chi connectivity index (χ2n) is 2.48. The summed E-state index contributed by atoms with van der Waals surface area (Å²) in [5.41, 5.74) is 1.41. The van der Waals surface area contributed by atoms with Crippen LogP contribution in [0.2, 0.25) is 0 Å². The van der Waals surface area contributed by atoms with E-state index in [1.165, 1.54) is 12.0 Å². The number of alkyl halides is 1. The monoisotopic (exact) mass is 218 g/mol. The minimum atomic E-state index is 0. The van der Waals surface area contributed by atoms with Crippen LogP contribution in [0.4, 0.5) is 0 Å². The highest BCUT2D eigenvalue weighted by Crippen LogP contribution is 1.98. The molecule has 0 bridgehead atoms. The van der Waals surface area contributed by atoms with Gasteiger partial charge < -0.3 is 0 Å². The Morgan fingerprint density at radius 2 is 1.82 bits per heavy atom. The number of allylic oxidation sites excluding steroid dienone is 4. The van der Waals surface area contributed by atoms with Gasteiger partial charge in [-0.15, -0.1) is 0 Å². The topological polar surface area (TPSA) is 0 Å². The maximum Gasteiger partial charge on any atom is 0.0212 e. The van der Waals surface area contributed by atoms with Crippen LogP contribution < -0.4 is 0 Å². The third kappa shape index (κ3) is 13.0. The van der Waals surface area contributed by atoms with E-state index in [4.69, 9.17) is 0 Å². The zero-order valence-electron chi connectivity index (χ0n) is 6.73. The number of hydrogen-bond donors (Lipinski definition) is 0. The highest BCUT2D eigenvalue weighted by atomic mass is 79.9. The predicted molar refractivity (Wildman–Crippen MR) is 58.3 cm³/mol. The van der Waals surface area contributed by atoms with Crippen LogP contribution in [0.15, 0.2) is 23.8 Å². The van der Waals surface area contributed by atoms with Gasteiger partial charge in [-0.25, -0.2) is 0 Å². The van der Waals surface area contributed by atoms with E-state index >= 15 is 0 Å². The van der Waals surface area contributed by atoms with Crippen molar-refractivity contribution >= 4 is 15.9 Å². The minimum absolute atomic E-state index is 0. The molecule has 0 aromatic rings. The molecule has 0 heterocycles. The number of unbranched alkanes of at least 4 members (excludes halogenated alkanes) is 1. The van der Waals surface area contributed by atoms with Crippen LogP contribution in [-0.2, 0) is 0 Å². The first-order chi connectivity index (χ1) is 4.77. The SMILES string of the molecule is C.CC(C)=CCC/C=C/CBr. The summed E-state index contributed by atoms with van der Waals surface area (Å²) in [4.78, 5) is 0. The van der Waals surface area contributed by atoms with Gasteiger partial charge in [0.2, 0.25) is 0 Å². The maximum atomic E-state index is 3.33. The third-order valence-corrected chi connectivity index (χ3v) is 1.52. The summed E-state index contributed by atoms with van der Waals surface area (Å²) in [7, 11) is 0. The van der Waals surface area contributed by atoms with Crippen LogP contribution in [-0.4, -0.2) is 5.33 Å². The van der Waals surface area contributed by atoms with Gasteiger partial charge in [0.15, 0.2) is 0 Å². The van der Waals surface area contributed by atoms with Crippen molar-refractivity contribution in [1.29, 1.82) is 0 Å². The van der Waals surface area contributed by atoms with Crippen molar-refractivity contribution in [2.75, 3.05) is 5.33 Å². The predicted octanol–water partition coefficient (Wildman–Crippen LogP) is 4.32. The third-order valence-electron chi connectivity index (χ3n) is 1.14. The minimum Gasteiger partial charge on any atom is -0.0883 e. The van der Waals surface area contributed by atoms with Crippen LogP contribution in [0.1, 0.15) is 34.1 Å². The number of halogens is 1. The Kier molecular flexibility index (Phi) is 12.3. The Morgan fingerprint density at radius 3 is 2.27 bits per heavy atom. The van der Waals surface area contributed by atoms with E-state index in [0.29, 0.717) is 0 Å². The molecule has 0 unspecified atom stereocenters. The van der Waals surface area contributed by atoms with E-state index < -0.39 is 0 Å². The van der Waals surface area contributed by atoms with Gasteiger partial charge >= 0.3 is 0 Å². The lowest BCUT2D eigenvalue weighted by atomic mass is 10.2. The first-order valence-electron chi connectivity index (χ1n) is 3.61. The Balaban J connectivity index is 0. The number of rotatable bonds is 4. The van der Waals surface area contributed by atoms with Crippen LogP contribution in [0.5, 0.6) is 0 Å². The molecule has 66 valence electrons.